The minimum Gasteiger partial charge on any atom is -0.394 e. The van der Waals surface area contributed by atoms with E-state index in [-0.39, 0.29) is 6.61 Å². The summed E-state index contributed by atoms with van der Waals surface area (Å²) in [5.74, 6) is 0. The van der Waals surface area contributed by atoms with Gasteiger partial charge in [-0.2, -0.15) is 5.10 Å². The minimum atomic E-state index is -0.585. The van der Waals surface area contributed by atoms with Crippen LogP contribution in [0, 0.1) is 6.92 Å². The van der Waals surface area contributed by atoms with E-state index in [9.17, 15) is 0 Å². The highest BCUT2D eigenvalue weighted by Gasteiger charge is 2.17. The molecule has 0 saturated heterocycles. The number of rotatable bonds is 3. The largest absolute Gasteiger partial charge is 0.394 e. The molecule has 0 aromatic carbocycles. The van der Waals surface area contributed by atoms with E-state index < -0.39 is 5.54 Å². The zero-order chi connectivity index (χ0) is 9.19. The SMILES string of the molecule is Cc1ccn(CC(C)(N)CO)n1. The van der Waals surface area contributed by atoms with Crippen LogP contribution in [0.15, 0.2) is 12.3 Å². The van der Waals surface area contributed by atoms with Crippen molar-refractivity contribution in [2.75, 3.05) is 6.61 Å². The molecule has 1 unspecified atom stereocenters. The molecule has 0 aliphatic carbocycles. The quantitative estimate of drug-likeness (QED) is 0.664. The fourth-order valence-electron chi connectivity index (χ4n) is 0.971. The van der Waals surface area contributed by atoms with Gasteiger partial charge in [-0.3, -0.25) is 4.68 Å². The maximum Gasteiger partial charge on any atom is 0.0626 e. The first-order valence-corrected chi connectivity index (χ1v) is 3.93. The first-order chi connectivity index (χ1) is 5.53. The molecular formula is C8H15N3O. The lowest BCUT2D eigenvalue weighted by Gasteiger charge is -2.21. The zero-order valence-corrected chi connectivity index (χ0v) is 7.49. The number of nitrogens with two attached hydrogens (primary N) is 1. The van der Waals surface area contributed by atoms with E-state index in [0.717, 1.165) is 5.69 Å². The van der Waals surface area contributed by atoms with Crippen molar-refractivity contribution < 1.29 is 5.11 Å². The van der Waals surface area contributed by atoms with Crippen LogP contribution in [0.2, 0.25) is 0 Å². The molecule has 3 N–H and O–H groups in total. The smallest absolute Gasteiger partial charge is 0.0626 e. The van der Waals surface area contributed by atoms with Crippen LogP contribution >= 0.6 is 0 Å². The Morgan fingerprint density at radius 2 is 2.42 bits per heavy atom. The van der Waals surface area contributed by atoms with Crippen molar-refractivity contribution in [2.45, 2.75) is 25.9 Å². The molecule has 0 bridgehead atoms. The second-order valence-electron chi connectivity index (χ2n) is 3.47. The van der Waals surface area contributed by atoms with Crippen LogP contribution < -0.4 is 5.73 Å². The molecule has 1 rings (SSSR count). The van der Waals surface area contributed by atoms with Gasteiger partial charge in [0.25, 0.3) is 0 Å². The Labute approximate surface area is 72.0 Å². The Kier molecular flexibility index (Phi) is 2.49. The van der Waals surface area contributed by atoms with Gasteiger partial charge in [-0.1, -0.05) is 0 Å². The van der Waals surface area contributed by atoms with Crippen LogP contribution in [0.1, 0.15) is 12.6 Å². The maximum absolute atomic E-state index is 8.90. The fraction of sp³-hybridized carbons (Fsp3) is 0.625. The predicted octanol–water partition coefficient (Wildman–Crippen LogP) is -0.0988. The summed E-state index contributed by atoms with van der Waals surface area (Å²) in [6.45, 7) is 4.22. The molecule has 1 atom stereocenters. The maximum atomic E-state index is 8.90. The highest BCUT2D eigenvalue weighted by atomic mass is 16.3. The summed E-state index contributed by atoms with van der Waals surface area (Å²) in [7, 11) is 0. The summed E-state index contributed by atoms with van der Waals surface area (Å²) >= 11 is 0. The highest BCUT2D eigenvalue weighted by molar-refractivity contribution is 4.95. The third kappa shape index (κ3) is 2.32. The Hall–Kier alpha value is -0.870. The molecule has 0 fully saturated rings. The van der Waals surface area contributed by atoms with Crippen LogP contribution in [0.5, 0.6) is 0 Å². The van der Waals surface area contributed by atoms with Gasteiger partial charge in [0, 0.05) is 6.20 Å². The third-order valence-corrected chi connectivity index (χ3v) is 1.66. The van der Waals surface area contributed by atoms with Crippen molar-refractivity contribution >= 4 is 0 Å². The van der Waals surface area contributed by atoms with Gasteiger partial charge in [0.15, 0.2) is 0 Å². The summed E-state index contributed by atoms with van der Waals surface area (Å²) in [5.41, 5.74) is 6.12. The summed E-state index contributed by atoms with van der Waals surface area (Å²) in [4.78, 5) is 0. The Morgan fingerprint density at radius 3 is 2.83 bits per heavy atom. The van der Waals surface area contributed by atoms with Crippen LogP contribution in [0.25, 0.3) is 0 Å². The number of aryl methyl sites for hydroxylation is 1. The molecule has 0 spiro atoms. The van der Waals surface area contributed by atoms with Gasteiger partial charge >= 0.3 is 0 Å². The average Bonchev–Trinajstić information content (AvgIpc) is 2.35. The van der Waals surface area contributed by atoms with Crippen molar-refractivity contribution in [3.63, 3.8) is 0 Å². The van der Waals surface area contributed by atoms with Gasteiger partial charge in [-0.05, 0) is 19.9 Å². The number of hydrogen-bond donors (Lipinski definition) is 2. The first kappa shape index (κ1) is 9.22. The Bertz CT molecular complexity index is 255. The number of aliphatic hydroxyl groups is 1. The number of aliphatic hydroxyl groups excluding tert-OH is 1. The first-order valence-electron chi connectivity index (χ1n) is 3.93. The second kappa shape index (κ2) is 3.25. The van der Waals surface area contributed by atoms with Crippen LogP contribution in [0.4, 0.5) is 0 Å². The molecule has 4 nitrogen and oxygen atoms in total. The van der Waals surface area contributed by atoms with Crippen molar-refractivity contribution in [3.8, 4) is 0 Å². The molecule has 0 saturated carbocycles. The van der Waals surface area contributed by atoms with Gasteiger partial charge in [0.05, 0.1) is 24.4 Å². The third-order valence-electron chi connectivity index (χ3n) is 1.66. The molecule has 0 aliphatic rings. The predicted molar refractivity (Wildman–Crippen MR) is 46.6 cm³/mol. The Morgan fingerprint density at radius 1 is 1.75 bits per heavy atom. The summed E-state index contributed by atoms with van der Waals surface area (Å²) in [6, 6.07) is 1.91. The number of hydrogen-bond acceptors (Lipinski definition) is 3. The molecule has 1 heterocycles. The lowest BCUT2D eigenvalue weighted by molar-refractivity contribution is 0.188. The van der Waals surface area contributed by atoms with Gasteiger partial charge in [0.2, 0.25) is 0 Å². The van der Waals surface area contributed by atoms with Crippen molar-refractivity contribution in [2.24, 2.45) is 5.73 Å². The van der Waals surface area contributed by atoms with Crippen LogP contribution in [-0.4, -0.2) is 27.0 Å². The van der Waals surface area contributed by atoms with E-state index in [1.807, 2.05) is 19.2 Å². The zero-order valence-electron chi connectivity index (χ0n) is 7.49. The fourth-order valence-corrected chi connectivity index (χ4v) is 0.971. The van der Waals surface area contributed by atoms with Gasteiger partial charge in [0.1, 0.15) is 0 Å². The molecule has 0 amide bonds. The number of nitrogens with zero attached hydrogens (tertiary/aromatic N) is 2. The van der Waals surface area contributed by atoms with Gasteiger partial charge in [-0.15, -0.1) is 0 Å². The normalized spacial score (nSPS) is 16.0. The van der Waals surface area contributed by atoms with Crippen molar-refractivity contribution in [1.29, 1.82) is 0 Å². The van der Waals surface area contributed by atoms with E-state index in [0.29, 0.717) is 6.54 Å². The topological polar surface area (TPSA) is 64.1 Å². The van der Waals surface area contributed by atoms with E-state index in [4.69, 9.17) is 10.8 Å². The molecule has 1 aromatic heterocycles. The molecule has 1 aromatic rings. The summed E-state index contributed by atoms with van der Waals surface area (Å²) in [6.07, 6.45) is 1.86. The van der Waals surface area contributed by atoms with Crippen molar-refractivity contribution in [3.05, 3.63) is 18.0 Å². The minimum absolute atomic E-state index is 0.0358. The van der Waals surface area contributed by atoms with E-state index >= 15 is 0 Å². The molecule has 0 radical (unpaired) electrons. The molecule has 68 valence electrons. The van der Waals surface area contributed by atoms with E-state index in [2.05, 4.69) is 5.10 Å². The molecule has 12 heavy (non-hydrogen) atoms. The monoisotopic (exact) mass is 169 g/mol. The van der Waals surface area contributed by atoms with Crippen LogP contribution in [0.3, 0.4) is 0 Å². The van der Waals surface area contributed by atoms with E-state index in [1.165, 1.54) is 0 Å². The lowest BCUT2D eigenvalue weighted by Crippen LogP contribution is -2.44. The highest BCUT2D eigenvalue weighted by Crippen LogP contribution is 2.02. The molecule has 0 aliphatic heterocycles. The van der Waals surface area contributed by atoms with E-state index in [1.54, 1.807) is 11.6 Å². The molecule has 4 heteroatoms. The van der Waals surface area contributed by atoms with Gasteiger partial charge in [-0.25, -0.2) is 0 Å². The van der Waals surface area contributed by atoms with Gasteiger partial charge < -0.3 is 10.8 Å². The Balaban J connectivity index is 2.63. The average molecular weight is 169 g/mol. The van der Waals surface area contributed by atoms with Crippen molar-refractivity contribution in [1.82, 2.24) is 9.78 Å². The van der Waals surface area contributed by atoms with Crippen LogP contribution in [-0.2, 0) is 6.54 Å². The molecular weight excluding hydrogens is 154 g/mol. The summed E-state index contributed by atoms with van der Waals surface area (Å²) < 4.78 is 1.74. The number of aromatic nitrogens is 2. The lowest BCUT2D eigenvalue weighted by atomic mass is 10.1. The second-order valence-corrected chi connectivity index (χ2v) is 3.47. The standard InChI is InChI=1S/C8H15N3O/c1-7-3-4-11(10-7)5-8(2,9)6-12/h3-4,12H,5-6,9H2,1-2H3. The summed E-state index contributed by atoms with van der Waals surface area (Å²) in [5, 5.41) is 13.1.